The number of hydrogen-bond acceptors (Lipinski definition) is 6. The summed E-state index contributed by atoms with van der Waals surface area (Å²) >= 11 is 0.246. The highest BCUT2D eigenvalue weighted by molar-refractivity contribution is 7.11. The molecule has 26 heavy (non-hydrogen) atoms. The van der Waals surface area contributed by atoms with Crippen molar-refractivity contribution in [3.8, 4) is 0 Å². The molecule has 0 saturated carbocycles. The zero-order valence-corrected chi connectivity index (χ0v) is 14.1. The second kappa shape index (κ2) is 7.21. The molecule has 0 aliphatic heterocycles. The van der Waals surface area contributed by atoms with Crippen LogP contribution < -0.4 is 4.90 Å². The predicted molar refractivity (Wildman–Crippen MR) is 80.6 cm³/mol. The summed E-state index contributed by atoms with van der Waals surface area (Å²) in [6.07, 6.45) is -10.3. The van der Waals surface area contributed by atoms with E-state index in [0.717, 1.165) is 37.3 Å². The van der Waals surface area contributed by atoms with Gasteiger partial charge in [0.25, 0.3) is 5.91 Å². The molecule has 1 N–H and O–H groups in total. The minimum absolute atomic E-state index is 0.143. The summed E-state index contributed by atoms with van der Waals surface area (Å²) < 4.78 is 68.9. The third-order valence-corrected chi connectivity index (χ3v) is 4.33. The van der Waals surface area contributed by atoms with Crippen molar-refractivity contribution in [1.29, 1.82) is 0 Å². The van der Waals surface area contributed by atoms with E-state index in [0.29, 0.717) is 0 Å². The van der Waals surface area contributed by atoms with Gasteiger partial charge in [0.2, 0.25) is 5.01 Å². The lowest BCUT2D eigenvalue weighted by molar-refractivity contribution is -0.231. The highest BCUT2D eigenvalue weighted by Crippen LogP contribution is 2.34. The first-order valence-corrected chi connectivity index (χ1v) is 7.68. The van der Waals surface area contributed by atoms with Crippen molar-refractivity contribution in [1.82, 2.24) is 10.2 Å². The Morgan fingerprint density at radius 1 is 1.27 bits per heavy atom. The van der Waals surface area contributed by atoms with Crippen molar-refractivity contribution in [2.24, 2.45) is 0 Å². The fourth-order valence-corrected chi connectivity index (χ4v) is 2.63. The summed E-state index contributed by atoms with van der Waals surface area (Å²) in [4.78, 5) is 13.0. The zero-order valence-electron chi connectivity index (χ0n) is 13.3. The topological polar surface area (TPSA) is 75.5 Å². The van der Waals surface area contributed by atoms with Crippen LogP contribution in [0.25, 0.3) is 0 Å². The van der Waals surface area contributed by atoms with E-state index in [1.165, 1.54) is 6.07 Å². The van der Waals surface area contributed by atoms with Gasteiger partial charge < -0.3 is 14.7 Å². The summed E-state index contributed by atoms with van der Waals surface area (Å²) in [6.45, 7) is 0. The molecular formula is C14H12F5N3O3S. The van der Waals surface area contributed by atoms with Gasteiger partial charge in [-0.15, -0.1) is 10.2 Å². The van der Waals surface area contributed by atoms with Crippen molar-refractivity contribution < 1.29 is 36.6 Å². The van der Waals surface area contributed by atoms with Gasteiger partial charge in [-0.05, 0) is 18.2 Å². The fourth-order valence-electron chi connectivity index (χ4n) is 1.86. The summed E-state index contributed by atoms with van der Waals surface area (Å²) in [6, 6.07) is 3.86. The fraction of sp³-hybridized carbons (Fsp3) is 0.357. The molecule has 0 bridgehead atoms. The second-order valence-electron chi connectivity index (χ2n) is 5.01. The van der Waals surface area contributed by atoms with Crippen LogP contribution in [0.15, 0.2) is 24.3 Å². The maximum Gasteiger partial charge on any atom is 0.416 e. The number of rotatable bonds is 5. The number of aliphatic hydroxyl groups excluding tert-OH is 1. The molecule has 1 unspecified atom stereocenters. The molecular weight excluding hydrogens is 385 g/mol. The molecule has 142 valence electrons. The van der Waals surface area contributed by atoms with Crippen LogP contribution >= 0.6 is 11.3 Å². The Labute approximate surface area is 147 Å². The number of aromatic nitrogens is 2. The minimum Gasteiger partial charge on any atom is -0.376 e. The van der Waals surface area contributed by atoms with E-state index in [2.05, 4.69) is 14.9 Å². The quantitative estimate of drug-likeness (QED) is 0.786. The Bertz CT molecular complexity index is 796. The van der Waals surface area contributed by atoms with Gasteiger partial charge in [-0.25, -0.2) is 0 Å². The van der Waals surface area contributed by atoms with Crippen molar-refractivity contribution in [2.75, 3.05) is 19.1 Å². The van der Waals surface area contributed by atoms with Gasteiger partial charge >= 0.3 is 12.3 Å². The monoisotopic (exact) mass is 397 g/mol. The lowest BCUT2D eigenvalue weighted by atomic mass is 10.1. The molecule has 0 spiro atoms. The molecule has 2 aromatic rings. The van der Waals surface area contributed by atoms with E-state index in [4.69, 9.17) is 0 Å². The third-order valence-electron chi connectivity index (χ3n) is 3.31. The SMILES string of the molecule is COC(F)(F)c1nnc(C(O)C(=O)N(C)c2cccc(C(F)(F)F)c2)s1. The highest BCUT2D eigenvalue weighted by atomic mass is 32.1. The van der Waals surface area contributed by atoms with Crippen LogP contribution in [0.1, 0.15) is 21.7 Å². The molecule has 1 amide bonds. The lowest BCUT2D eigenvalue weighted by Crippen LogP contribution is -2.31. The number of nitrogens with zero attached hydrogens (tertiary/aromatic N) is 3. The Morgan fingerprint density at radius 3 is 2.50 bits per heavy atom. The van der Waals surface area contributed by atoms with E-state index >= 15 is 0 Å². The maximum atomic E-state index is 13.3. The number of likely N-dealkylation sites (N-methyl/N-ethyl adjacent to an activating group) is 1. The first-order chi connectivity index (χ1) is 12.0. The van der Waals surface area contributed by atoms with E-state index < -0.39 is 39.9 Å². The van der Waals surface area contributed by atoms with Gasteiger partial charge in [-0.1, -0.05) is 17.4 Å². The van der Waals surface area contributed by atoms with Crippen LogP contribution in [0.3, 0.4) is 0 Å². The van der Waals surface area contributed by atoms with Gasteiger partial charge in [0.1, 0.15) is 0 Å². The number of halogens is 5. The van der Waals surface area contributed by atoms with Gasteiger partial charge in [0, 0.05) is 19.8 Å². The van der Waals surface area contributed by atoms with E-state index in [9.17, 15) is 31.9 Å². The van der Waals surface area contributed by atoms with Gasteiger partial charge in [0.05, 0.1) is 5.56 Å². The van der Waals surface area contributed by atoms with Crippen LogP contribution in [0.4, 0.5) is 27.6 Å². The van der Waals surface area contributed by atoms with E-state index in [1.807, 2.05) is 0 Å². The normalized spacial score (nSPS) is 13.5. The molecule has 0 aliphatic carbocycles. The molecule has 1 aromatic heterocycles. The molecule has 2 rings (SSSR count). The first kappa shape index (κ1) is 20.1. The number of methoxy groups -OCH3 is 1. The number of anilines is 1. The minimum atomic E-state index is -4.61. The largest absolute Gasteiger partial charge is 0.416 e. The summed E-state index contributed by atoms with van der Waals surface area (Å²) in [7, 11) is 1.87. The van der Waals surface area contributed by atoms with Crippen molar-refractivity contribution >= 4 is 22.9 Å². The number of aliphatic hydroxyl groups is 1. The molecule has 1 aromatic carbocycles. The Balaban J connectivity index is 2.23. The number of amides is 1. The Hall–Kier alpha value is -2.18. The number of hydrogen-bond donors (Lipinski definition) is 1. The Morgan fingerprint density at radius 2 is 1.92 bits per heavy atom. The number of carbonyl (C=O) groups excluding carboxylic acids is 1. The van der Waals surface area contributed by atoms with Crippen LogP contribution in [0.5, 0.6) is 0 Å². The van der Waals surface area contributed by atoms with Crippen molar-refractivity contribution in [2.45, 2.75) is 18.4 Å². The van der Waals surface area contributed by atoms with Gasteiger partial charge in [-0.3, -0.25) is 4.79 Å². The third kappa shape index (κ3) is 4.14. The van der Waals surface area contributed by atoms with Crippen LogP contribution in [-0.4, -0.2) is 35.4 Å². The molecule has 0 saturated heterocycles. The van der Waals surface area contributed by atoms with Gasteiger partial charge in [-0.2, -0.15) is 22.0 Å². The average molecular weight is 397 g/mol. The maximum absolute atomic E-state index is 13.3. The highest BCUT2D eigenvalue weighted by Gasteiger charge is 2.38. The lowest BCUT2D eigenvalue weighted by Gasteiger charge is -2.20. The average Bonchev–Trinajstić information content (AvgIpc) is 3.10. The molecule has 0 fully saturated rings. The summed E-state index contributed by atoms with van der Waals surface area (Å²) in [5.41, 5.74) is -1.13. The molecule has 0 radical (unpaired) electrons. The molecule has 6 nitrogen and oxygen atoms in total. The van der Waals surface area contributed by atoms with Crippen molar-refractivity contribution in [3.05, 3.63) is 39.8 Å². The predicted octanol–water partition coefficient (Wildman–Crippen LogP) is 2.95. The zero-order chi connectivity index (χ0) is 19.7. The second-order valence-corrected chi connectivity index (χ2v) is 6.02. The molecule has 12 heteroatoms. The first-order valence-electron chi connectivity index (χ1n) is 6.87. The van der Waals surface area contributed by atoms with Gasteiger partial charge in [0.15, 0.2) is 11.1 Å². The number of ether oxygens (including phenoxy) is 1. The van der Waals surface area contributed by atoms with E-state index in [1.54, 1.807) is 0 Å². The summed E-state index contributed by atoms with van der Waals surface area (Å²) in [5.74, 6) is -1.06. The van der Waals surface area contributed by atoms with Crippen LogP contribution in [0, 0.1) is 0 Å². The number of alkyl halides is 5. The van der Waals surface area contributed by atoms with Crippen molar-refractivity contribution in [3.63, 3.8) is 0 Å². The van der Waals surface area contributed by atoms with E-state index in [-0.39, 0.29) is 17.0 Å². The van der Waals surface area contributed by atoms with Crippen LogP contribution in [-0.2, 0) is 21.8 Å². The number of benzene rings is 1. The molecule has 1 heterocycles. The number of carbonyl (C=O) groups is 1. The molecule has 0 aliphatic rings. The smallest absolute Gasteiger partial charge is 0.376 e. The summed E-state index contributed by atoms with van der Waals surface area (Å²) in [5, 5.41) is 15.2. The standard InChI is InChI=1S/C14H12F5N3O3S/c1-22(8-5-3-4-7(6-8)13(15,16)17)11(24)9(23)10-20-21-12(26-10)14(18,19)25-2/h3-6,9,23H,1-2H3. The molecule has 1 atom stereocenters. The Kier molecular flexibility index (Phi) is 5.58. The van der Waals surface area contributed by atoms with Crippen LogP contribution in [0.2, 0.25) is 0 Å².